The molecule has 5 nitrogen and oxygen atoms in total. The monoisotopic (exact) mass is 363 g/mol. The normalized spacial score (nSPS) is 20.4. The quantitative estimate of drug-likeness (QED) is 0.841. The second-order valence-corrected chi connectivity index (χ2v) is 8.32. The molecule has 5 heteroatoms. The molecule has 0 bridgehead atoms. The number of hydrogen-bond donors (Lipinski definition) is 0. The third-order valence-corrected chi connectivity index (χ3v) is 6.11. The number of aryl methyl sites for hydroxylation is 2. The van der Waals surface area contributed by atoms with E-state index in [-0.39, 0.29) is 11.3 Å². The molecule has 0 radical (unpaired) electrons. The van der Waals surface area contributed by atoms with Crippen LogP contribution in [0, 0.1) is 12.3 Å². The van der Waals surface area contributed by atoms with Crippen molar-refractivity contribution in [1.29, 1.82) is 0 Å². The molecule has 0 saturated carbocycles. The van der Waals surface area contributed by atoms with E-state index >= 15 is 0 Å². The maximum Gasteiger partial charge on any atom is 0.257 e. The number of hydrogen-bond acceptors (Lipinski definition) is 4. The lowest BCUT2D eigenvalue weighted by Gasteiger charge is -2.60. The lowest BCUT2D eigenvalue weighted by molar-refractivity contribution is -0.102. The van der Waals surface area contributed by atoms with Crippen LogP contribution < -0.4 is 4.74 Å². The number of pyridine rings is 1. The number of carbonyl (C=O) groups excluding carboxylic acids is 1. The first kappa shape index (κ1) is 16.8. The molecular weight excluding hydrogens is 338 g/mol. The lowest BCUT2D eigenvalue weighted by Crippen LogP contribution is -2.72. The van der Waals surface area contributed by atoms with Crippen molar-refractivity contribution in [3.8, 4) is 5.75 Å². The van der Waals surface area contributed by atoms with Crippen LogP contribution in [0.1, 0.15) is 33.6 Å². The Morgan fingerprint density at radius 1 is 1.19 bits per heavy atom. The molecular formula is C22H25N3O2. The predicted molar refractivity (Wildman–Crippen MR) is 103 cm³/mol. The van der Waals surface area contributed by atoms with Crippen LogP contribution >= 0.6 is 0 Å². The average molecular weight is 363 g/mol. The number of carbonyl (C=O) groups is 1. The molecule has 1 spiro atoms. The van der Waals surface area contributed by atoms with Gasteiger partial charge in [-0.3, -0.25) is 14.7 Å². The van der Waals surface area contributed by atoms with Gasteiger partial charge in [0.1, 0.15) is 5.75 Å². The summed E-state index contributed by atoms with van der Waals surface area (Å²) in [6, 6.07) is 10.1. The summed E-state index contributed by atoms with van der Waals surface area (Å²) >= 11 is 0. The summed E-state index contributed by atoms with van der Waals surface area (Å²) in [6.07, 6.45) is 3.90. The van der Waals surface area contributed by atoms with E-state index in [1.165, 1.54) is 11.1 Å². The number of amides is 1. The Morgan fingerprint density at radius 2 is 2.04 bits per heavy atom. The first-order valence-electron chi connectivity index (χ1n) is 9.80. The number of fused-ring (bicyclic) bond motifs is 1. The Hall–Kier alpha value is -2.40. The third kappa shape index (κ3) is 2.90. The fourth-order valence-corrected chi connectivity index (χ4v) is 4.74. The molecule has 1 aromatic carbocycles. The minimum atomic E-state index is 0.124. The SMILES string of the molecule is Cc1cccnc1CN1CC2(C1)CN(C(=O)c1cccc3c1OCCC3)C2. The number of nitrogens with zero attached hydrogens (tertiary/aromatic N) is 3. The second-order valence-electron chi connectivity index (χ2n) is 8.32. The molecule has 3 aliphatic rings. The van der Waals surface area contributed by atoms with Crippen LogP contribution in [0.25, 0.3) is 0 Å². The van der Waals surface area contributed by atoms with Crippen LogP contribution in [0.15, 0.2) is 36.5 Å². The topological polar surface area (TPSA) is 45.7 Å². The summed E-state index contributed by atoms with van der Waals surface area (Å²) in [6.45, 7) is 7.54. The summed E-state index contributed by atoms with van der Waals surface area (Å²) in [5.41, 5.74) is 4.60. The zero-order valence-corrected chi connectivity index (χ0v) is 15.8. The second kappa shape index (κ2) is 6.34. The molecule has 1 amide bonds. The summed E-state index contributed by atoms with van der Waals surface area (Å²) in [5, 5.41) is 0. The Morgan fingerprint density at radius 3 is 2.85 bits per heavy atom. The van der Waals surface area contributed by atoms with Crippen molar-refractivity contribution in [2.24, 2.45) is 5.41 Å². The maximum absolute atomic E-state index is 13.0. The Balaban J connectivity index is 1.20. The molecule has 4 heterocycles. The van der Waals surface area contributed by atoms with Crippen LogP contribution in [0.2, 0.25) is 0 Å². The molecule has 27 heavy (non-hydrogen) atoms. The van der Waals surface area contributed by atoms with Crippen molar-refractivity contribution in [2.75, 3.05) is 32.8 Å². The van der Waals surface area contributed by atoms with E-state index in [1.807, 2.05) is 29.3 Å². The Labute approximate surface area is 159 Å². The lowest BCUT2D eigenvalue weighted by atomic mass is 9.72. The number of aromatic nitrogens is 1. The number of rotatable bonds is 3. The zero-order chi connectivity index (χ0) is 18.4. The summed E-state index contributed by atoms with van der Waals surface area (Å²) < 4.78 is 5.82. The molecule has 0 atom stereocenters. The van der Waals surface area contributed by atoms with E-state index in [9.17, 15) is 4.79 Å². The minimum absolute atomic E-state index is 0.124. The maximum atomic E-state index is 13.0. The van der Waals surface area contributed by atoms with Crippen LogP contribution in [-0.2, 0) is 13.0 Å². The minimum Gasteiger partial charge on any atom is -0.492 e. The fourth-order valence-electron chi connectivity index (χ4n) is 4.74. The highest BCUT2D eigenvalue weighted by Gasteiger charge is 2.53. The molecule has 2 saturated heterocycles. The van der Waals surface area contributed by atoms with Gasteiger partial charge in [0.15, 0.2) is 0 Å². The molecule has 2 fully saturated rings. The van der Waals surface area contributed by atoms with Gasteiger partial charge in [-0.1, -0.05) is 18.2 Å². The predicted octanol–water partition coefficient (Wildman–Crippen LogP) is 2.67. The molecule has 1 aromatic heterocycles. The van der Waals surface area contributed by atoms with E-state index in [1.54, 1.807) is 0 Å². The van der Waals surface area contributed by atoms with Gasteiger partial charge in [-0.2, -0.15) is 0 Å². The number of benzene rings is 1. The number of likely N-dealkylation sites (tertiary alicyclic amines) is 2. The van der Waals surface area contributed by atoms with Crippen molar-refractivity contribution in [3.63, 3.8) is 0 Å². The van der Waals surface area contributed by atoms with Gasteiger partial charge in [0, 0.05) is 44.3 Å². The molecule has 2 aromatic rings. The van der Waals surface area contributed by atoms with E-state index < -0.39 is 0 Å². The standard InChI is InChI=1S/C22H25N3O2/c1-16-5-3-9-23-19(16)11-24-12-22(13-24)14-25(15-22)21(26)18-8-2-6-17-7-4-10-27-20(17)18/h2-3,5-6,8-9H,4,7,10-15H2,1H3. The Bertz CT molecular complexity index is 881. The number of ether oxygens (including phenoxy) is 1. The third-order valence-electron chi connectivity index (χ3n) is 6.11. The van der Waals surface area contributed by atoms with Gasteiger partial charge in [-0.25, -0.2) is 0 Å². The summed E-state index contributed by atoms with van der Waals surface area (Å²) in [4.78, 5) is 21.9. The summed E-state index contributed by atoms with van der Waals surface area (Å²) in [5.74, 6) is 0.939. The van der Waals surface area contributed by atoms with Crippen molar-refractivity contribution in [1.82, 2.24) is 14.8 Å². The highest BCUT2D eigenvalue weighted by molar-refractivity contribution is 5.98. The average Bonchev–Trinajstić information content (AvgIpc) is 2.63. The van der Waals surface area contributed by atoms with Crippen molar-refractivity contribution in [2.45, 2.75) is 26.3 Å². The molecule has 3 aliphatic heterocycles. The van der Waals surface area contributed by atoms with Crippen LogP contribution in [-0.4, -0.2) is 53.5 Å². The van der Waals surface area contributed by atoms with E-state index in [4.69, 9.17) is 4.74 Å². The largest absolute Gasteiger partial charge is 0.492 e. The van der Waals surface area contributed by atoms with E-state index in [0.29, 0.717) is 6.61 Å². The fraction of sp³-hybridized carbons (Fsp3) is 0.455. The van der Waals surface area contributed by atoms with Crippen LogP contribution in [0.4, 0.5) is 0 Å². The van der Waals surface area contributed by atoms with Gasteiger partial charge in [0.2, 0.25) is 0 Å². The van der Waals surface area contributed by atoms with Gasteiger partial charge in [-0.05, 0) is 43.0 Å². The van der Waals surface area contributed by atoms with Gasteiger partial charge >= 0.3 is 0 Å². The molecule has 0 unspecified atom stereocenters. The number of para-hydroxylation sites is 1. The van der Waals surface area contributed by atoms with E-state index in [2.05, 4.69) is 28.9 Å². The van der Waals surface area contributed by atoms with Crippen LogP contribution in [0.3, 0.4) is 0 Å². The Kier molecular flexibility index (Phi) is 3.93. The molecule has 5 rings (SSSR count). The van der Waals surface area contributed by atoms with Crippen molar-refractivity contribution >= 4 is 5.91 Å². The first-order valence-corrected chi connectivity index (χ1v) is 9.80. The van der Waals surface area contributed by atoms with Gasteiger partial charge < -0.3 is 9.64 Å². The molecule has 140 valence electrons. The summed E-state index contributed by atoms with van der Waals surface area (Å²) in [7, 11) is 0. The smallest absolute Gasteiger partial charge is 0.257 e. The van der Waals surface area contributed by atoms with Gasteiger partial charge in [-0.15, -0.1) is 0 Å². The van der Waals surface area contributed by atoms with Gasteiger partial charge in [0.25, 0.3) is 5.91 Å². The first-order chi connectivity index (χ1) is 13.1. The van der Waals surface area contributed by atoms with Crippen molar-refractivity contribution in [3.05, 3.63) is 58.9 Å². The van der Waals surface area contributed by atoms with Crippen molar-refractivity contribution < 1.29 is 9.53 Å². The van der Waals surface area contributed by atoms with E-state index in [0.717, 1.165) is 62.6 Å². The van der Waals surface area contributed by atoms with Crippen LogP contribution in [0.5, 0.6) is 5.75 Å². The van der Waals surface area contributed by atoms with Gasteiger partial charge in [0.05, 0.1) is 17.9 Å². The highest BCUT2D eigenvalue weighted by atomic mass is 16.5. The molecule has 0 aliphatic carbocycles. The highest BCUT2D eigenvalue weighted by Crippen LogP contribution is 2.42. The zero-order valence-electron chi connectivity index (χ0n) is 15.8. The molecule has 0 N–H and O–H groups in total.